The van der Waals surface area contributed by atoms with Crippen LogP contribution in [0.5, 0.6) is 0 Å². The molecule has 2 rings (SSSR count). The monoisotopic (exact) mass is 327 g/mol. The van der Waals surface area contributed by atoms with Crippen LogP contribution in [0.25, 0.3) is 6.08 Å². The summed E-state index contributed by atoms with van der Waals surface area (Å²) in [6.07, 6.45) is 1.67. The number of nitrogens with zero attached hydrogens (tertiary/aromatic N) is 1. The van der Waals surface area contributed by atoms with E-state index in [9.17, 15) is 9.59 Å². The number of thioether (sulfide) groups is 1. The van der Waals surface area contributed by atoms with Crippen LogP contribution in [0.2, 0.25) is 5.02 Å². The van der Waals surface area contributed by atoms with Gasteiger partial charge in [0.2, 0.25) is 0 Å². The number of thiocarbonyl (C=S) groups is 1. The van der Waals surface area contributed by atoms with Crippen LogP contribution in [-0.4, -0.2) is 32.2 Å². The topological polar surface area (TPSA) is 57.6 Å². The number of carboxylic acid groups (broad SMARTS) is 1. The Morgan fingerprint density at radius 1 is 1.45 bits per heavy atom. The van der Waals surface area contributed by atoms with Gasteiger partial charge in [0.05, 0.1) is 4.91 Å². The van der Waals surface area contributed by atoms with E-state index in [1.807, 2.05) is 0 Å². The number of amides is 1. The molecule has 1 heterocycles. The predicted octanol–water partition coefficient (Wildman–Crippen LogP) is 3.01. The van der Waals surface area contributed by atoms with Gasteiger partial charge in [0, 0.05) is 5.02 Å². The van der Waals surface area contributed by atoms with Gasteiger partial charge in [0.1, 0.15) is 10.4 Å². The smallest absolute Gasteiger partial charge is 0.326 e. The van der Waals surface area contributed by atoms with E-state index in [0.717, 1.165) is 22.2 Å². The van der Waals surface area contributed by atoms with Gasteiger partial charge in [0.25, 0.3) is 5.91 Å². The van der Waals surface area contributed by atoms with Gasteiger partial charge < -0.3 is 5.11 Å². The zero-order valence-corrected chi connectivity index (χ0v) is 12.8. The van der Waals surface area contributed by atoms with Gasteiger partial charge in [-0.15, -0.1) is 0 Å². The Hall–Kier alpha value is -1.37. The van der Waals surface area contributed by atoms with Crippen LogP contribution < -0.4 is 0 Å². The van der Waals surface area contributed by atoms with E-state index in [1.54, 1.807) is 30.3 Å². The second-order valence-corrected chi connectivity index (χ2v) is 6.23. The van der Waals surface area contributed by atoms with E-state index >= 15 is 0 Å². The molecule has 1 aliphatic rings. The van der Waals surface area contributed by atoms with Crippen molar-refractivity contribution in [3.05, 3.63) is 39.8 Å². The van der Waals surface area contributed by atoms with Crippen molar-refractivity contribution in [2.75, 3.05) is 0 Å². The van der Waals surface area contributed by atoms with Crippen molar-refractivity contribution < 1.29 is 14.7 Å². The number of benzene rings is 1. The minimum absolute atomic E-state index is 0.255. The lowest BCUT2D eigenvalue weighted by molar-refractivity contribution is -0.144. The molecule has 0 aromatic heterocycles. The summed E-state index contributed by atoms with van der Waals surface area (Å²) in [5.74, 6) is -1.47. The molecule has 0 unspecified atom stereocenters. The first-order valence-corrected chi connectivity index (χ1v) is 7.26. The van der Waals surface area contributed by atoms with Gasteiger partial charge in [0.15, 0.2) is 0 Å². The zero-order chi connectivity index (χ0) is 14.9. The minimum atomic E-state index is -1.09. The molecule has 104 valence electrons. The van der Waals surface area contributed by atoms with E-state index < -0.39 is 12.0 Å². The summed E-state index contributed by atoms with van der Waals surface area (Å²) in [5.41, 5.74) is 0.804. The fourth-order valence-corrected chi connectivity index (χ4v) is 3.18. The Labute approximate surface area is 130 Å². The maximum absolute atomic E-state index is 12.2. The fourth-order valence-electron chi connectivity index (χ4n) is 1.63. The van der Waals surface area contributed by atoms with E-state index in [2.05, 4.69) is 0 Å². The summed E-state index contributed by atoms with van der Waals surface area (Å²) < 4.78 is 0.255. The largest absolute Gasteiger partial charge is 0.480 e. The lowest BCUT2D eigenvalue weighted by Crippen LogP contribution is -2.41. The number of hydrogen-bond acceptors (Lipinski definition) is 4. The number of carbonyl (C=O) groups is 2. The van der Waals surface area contributed by atoms with Crippen LogP contribution in [0.4, 0.5) is 0 Å². The van der Waals surface area contributed by atoms with Crippen LogP contribution in [0.15, 0.2) is 29.2 Å². The van der Waals surface area contributed by atoms with Crippen molar-refractivity contribution in [2.24, 2.45) is 0 Å². The first-order valence-electron chi connectivity index (χ1n) is 5.65. The maximum Gasteiger partial charge on any atom is 0.326 e. The Morgan fingerprint density at radius 2 is 2.05 bits per heavy atom. The first-order chi connectivity index (χ1) is 9.40. The molecule has 0 bridgehead atoms. The SMILES string of the molecule is C[C@H](C(=O)O)N1C(=O)/C(=C/c2ccc(Cl)cc2)SC1=S. The highest BCUT2D eigenvalue weighted by molar-refractivity contribution is 8.26. The second kappa shape index (κ2) is 5.95. The van der Waals surface area contributed by atoms with Crippen molar-refractivity contribution in [2.45, 2.75) is 13.0 Å². The van der Waals surface area contributed by atoms with Crippen molar-refractivity contribution in [3.63, 3.8) is 0 Å². The van der Waals surface area contributed by atoms with Gasteiger partial charge >= 0.3 is 5.97 Å². The zero-order valence-electron chi connectivity index (χ0n) is 10.4. The molecular formula is C13H10ClNO3S2. The van der Waals surface area contributed by atoms with Crippen LogP contribution >= 0.6 is 35.6 Å². The van der Waals surface area contributed by atoms with Crippen molar-refractivity contribution in [1.82, 2.24) is 4.90 Å². The lowest BCUT2D eigenvalue weighted by atomic mass is 10.2. The second-order valence-electron chi connectivity index (χ2n) is 4.12. The number of carboxylic acids is 1. The molecule has 0 saturated carbocycles. The summed E-state index contributed by atoms with van der Waals surface area (Å²) in [6, 6.07) is 6.01. The number of rotatable bonds is 3. The summed E-state index contributed by atoms with van der Waals surface area (Å²) in [5, 5.41) is 9.59. The van der Waals surface area contributed by atoms with E-state index in [0.29, 0.717) is 9.93 Å². The molecule has 4 nitrogen and oxygen atoms in total. The third-order valence-corrected chi connectivity index (χ3v) is 4.32. The molecule has 0 spiro atoms. The van der Waals surface area contributed by atoms with Crippen LogP contribution in [0.1, 0.15) is 12.5 Å². The van der Waals surface area contributed by atoms with Crippen molar-refractivity contribution in [1.29, 1.82) is 0 Å². The van der Waals surface area contributed by atoms with Crippen molar-refractivity contribution >= 4 is 57.9 Å². The quantitative estimate of drug-likeness (QED) is 0.683. The average molecular weight is 328 g/mol. The summed E-state index contributed by atoms with van der Waals surface area (Å²) in [7, 11) is 0. The molecule has 1 aliphatic heterocycles. The fraction of sp³-hybridized carbons (Fsp3) is 0.154. The molecule has 0 radical (unpaired) electrons. The average Bonchev–Trinajstić information content (AvgIpc) is 2.66. The summed E-state index contributed by atoms with van der Waals surface area (Å²) in [6.45, 7) is 1.43. The molecule has 1 atom stereocenters. The van der Waals surface area contributed by atoms with Gasteiger partial charge in [-0.3, -0.25) is 9.69 Å². The summed E-state index contributed by atoms with van der Waals surface area (Å²) in [4.78, 5) is 24.7. The minimum Gasteiger partial charge on any atom is -0.480 e. The molecule has 1 saturated heterocycles. The number of hydrogen-bond donors (Lipinski definition) is 1. The first kappa shape index (κ1) is 15.0. The third kappa shape index (κ3) is 3.03. The van der Waals surface area contributed by atoms with E-state index in [1.165, 1.54) is 6.92 Å². The molecule has 0 aliphatic carbocycles. The molecule has 1 N–H and O–H groups in total. The molecule has 1 amide bonds. The molecule has 20 heavy (non-hydrogen) atoms. The molecule has 1 fully saturated rings. The highest BCUT2D eigenvalue weighted by Gasteiger charge is 2.38. The van der Waals surface area contributed by atoms with Crippen LogP contribution in [0.3, 0.4) is 0 Å². The van der Waals surface area contributed by atoms with Gasteiger partial charge in [-0.1, -0.05) is 47.7 Å². The maximum atomic E-state index is 12.2. The highest BCUT2D eigenvalue weighted by Crippen LogP contribution is 2.34. The number of aliphatic carboxylic acids is 1. The number of carbonyl (C=O) groups excluding carboxylic acids is 1. The van der Waals surface area contributed by atoms with Crippen LogP contribution in [-0.2, 0) is 9.59 Å². The number of halogens is 1. The van der Waals surface area contributed by atoms with E-state index in [4.69, 9.17) is 28.9 Å². The van der Waals surface area contributed by atoms with Gasteiger partial charge in [-0.25, -0.2) is 4.79 Å². The summed E-state index contributed by atoms with van der Waals surface area (Å²) >= 11 is 12.0. The standard InChI is InChI=1S/C13H10ClNO3S2/c1-7(12(17)18)15-11(16)10(20-13(15)19)6-8-2-4-9(14)5-3-8/h2-7H,1H3,(H,17,18)/b10-6-/t7-/m1/s1. The van der Waals surface area contributed by atoms with Crippen LogP contribution in [0, 0.1) is 0 Å². The Bertz CT molecular complexity index is 613. The highest BCUT2D eigenvalue weighted by atomic mass is 35.5. The molecule has 7 heteroatoms. The normalized spacial score (nSPS) is 18.7. The van der Waals surface area contributed by atoms with Gasteiger partial charge in [-0.05, 0) is 30.7 Å². The van der Waals surface area contributed by atoms with E-state index in [-0.39, 0.29) is 10.2 Å². The molecular weight excluding hydrogens is 318 g/mol. The Morgan fingerprint density at radius 3 is 2.60 bits per heavy atom. The Balaban J connectivity index is 2.28. The van der Waals surface area contributed by atoms with Gasteiger partial charge in [-0.2, -0.15) is 0 Å². The molecule has 1 aromatic rings. The lowest BCUT2D eigenvalue weighted by Gasteiger charge is -2.18. The van der Waals surface area contributed by atoms with Crippen molar-refractivity contribution in [3.8, 4) is 0 Å². The molecule has 1 aromatic carbocycles. The Kier molecular flexibility index (Phi) is 4.47. The predicted molar refractivity (Wildman–Crippen MR) is 83.6 cm³/mol. The third-order valence-electron chi connectivity index (χ3n) is 2.74.